The van der Waals surface area contributed by atoms with Gasteiger partial charge in [-0.05, 0) is 100 Å². The number of esters is 1. The van der Waals surface area contributed by atoms with Crippen LogP contribution >= 0.6 is 0 Å². The average Bonchev–Trinajstić information content (AvgIpc) is 3.50. The third-order valence-electron chi connectivity index (χ3n) is 14.7. The number of methoxy groups -OCH3 is 1. The molecule has 5 aliphatic rings. The first-order chi connectivity index (χ1) is 28.2. The van der Waals surface area contributed by atoms with E-state index in [4.69, 9.17) is 33.2 Å². The van der Waals surface area contributed by atoms with E-state index in [1.54, 1.807) is 55.4 Å². The summed E-state index contributed by atoms with van der Waals surface area (Å²) in [4.78, 5) is 15.6. The highest BCUT2D eigenvalue weighted by molar-refractivity contribution is 5.73. The molecule has 4 saturated heterocycles. The number of aliphatic hydroxyl groups is 4. The fourth-order valence-corrected chi connectivity index (χ4v) is 10.4. The second-order valence-electron chi connectivity index (χ2n) is 19.7. The fourth-order valence-electron chi connectivity index (χ4n) is 10.4. The lowest BCUT2D eigenvalue weighted by atomic mass is 9.74. The molecule has 0 radical (unpaired) electrons. The lowest BCUT2D eigenvalue weighted by Gasteiger charge is -2.54. The molecule has 18 heteroatoms. The summed E-state index contributed by atoms with van der Waals surface area (Å²) in [5.74, 6) is -3.14. The second kappa shape index (κ2) is 19.3. The molecule has 0 amide bonds. The number of aliphatic hydroxyl groups excluding tert-OH is 1. The van der Waals surface area contributed by atoms with Gasteiger partial charge in [-0.25, -0.2) is 0 Å². The molecular weight excluding hydrogens is 807 g/mol. The van der Waals surface area contributed by atoms with Gasteiger partial charge in [-0.1, -0.05) is 27.2 Å². The minimum atomic E-state index is -4.70. The summed E-state index contributed by atoms with van der Waals surface area (Å²) in [6.07, 6.45) is -13.2. The van der Waals surface area contributed by atoms with Crippen LogP contribution in [0.4, 0.5) is 13.2 Å². The number of cyclic esters (lactones) is 1. The molecule has 0 aromatic rings. The number of rotatable bonds is 9. The number of carbonyl (C=O) groups is 1. The molecule has 61 heavy (non-hydrogen) atoms. The Balaban J connectivity index is 1.56. The number of carbonyl (C=O) groups excluding carboxylic acids is 1. The number of nitrogens with zero attached hydrogens (tertiary/aromatic N) is 1. The SMILES string of the molecule is CC[C@H]1OC(=O)[C@H](C)[C@@H](O[C@H]2C[C@@](C)(OC)[C@](O)(CNC3CCC3)[C@H](C)O2)[C@H](C)[C@@H](O[C@@H]2O[C@H](C)C[C@H]3[C@H]2OC(C(F)(F)F)N3C)[C@](C)(O)C[C@@H](C)CN[C@H](C)[C@@H](O)[C@]1(C)O. The van der Waals surface area contributed by atoms with Gasteiger partial charge in [-0.2, -0.15) is 13.2 Å². The van der Waals surface area contributed by atoms with Gasteiger partial charge in [0.15, 0.2) is 12.6 Å². The van der Waals surface area contributed by atoms with Crippen LogP contribution < -0.4 is 10.6 Å². The van der Waals surface area contributed by atoms with Crippen molar-refractivity contribution >= 4 is 5.97 Å². The van der Waals surface area contributed by atoms with Crippen molar-refractivity contribution in [3.8, 4) is 0 Å². The molecular formula is C43H76F3N3O12. The number of hydrogen-bond donors (Lipinski definition) is 6. The standard InChI is InChI=1S/C43H76F3N3O12/c1-13-30-41(10,53)34(50)26(6)47-20-22(2)18-39(8,52)35(61-37-33-29(17-23(3)56-37)49(11)38(60-33)43(44,45)46)24(4)32(25(5)36(51)58-30)59-31-19-40(9,55-12)42(54,27(7)57-31)21-48-28-15-14-16-28/h22-35,37-38,47-48,50,52-54H,13-21H2,1-12H3/t22-,23-,24+,25-,26-,27+,29+,30-,31+,32+,33-,34-,35-,37+,38?,39-,40-,41-,42+/m1/s1. The number of nitrogens with one attached hydrogen (secondary N) is 2. The van der Waals surface area contributed by atoms with Gasteiger partial charge in [0.1, 0.15) is 35.1 Å². The molecule has 15 nitrogen and oxygen atoms in total. The summed E-state index contributed by atoms with van der Waals surface area (Å²) in [6.45, 7) is 17.3. The molecule has 0 aromatic carbocycles. The van der Waals surface area contributed by atoms with Gasteiger partial charge in [0, 0.05) is 44.1 Å². The molecule has 356 valence electrons. The van der Waals surface area contributed by atoms with Gasteiger partial charge in [0.2, 0.25) is 6.23 Å². The predicted molar refractivity (Wildman–Crippen MR) is 217 cm³/mol. The first-order valence-corrected chi connectivity index (χ1v) is 22.3. The van der Waals surface area contributed by atoms with Crippen molar-refractivity contribution in [3.05, 3.63) is 0 Å². The van der Waals surface area contributed by atoms with E-state index in [0.717, 1.165) is 24.2 Å². The first kappa shape index (κ1) is 50.7. The Kier molecular flexibility index (Phi) is 16.0. The number of alkyl halides is 3. The molecule has 0 bridgehead atoms. The van der Waals surface area contributed by atoms with Crippen LogP contribution in [0.25, 0.3) is 0 Å². The Morgan fingerprint density at radius 2 is 1.64 bits per heavy atom. The topological polar surface area (TPSA) is 190 Å². The first-order valence-electron chi connectivity index (χ1n) is 22.3. The summed E-state index contributed by atoms with van der Waals surface area (Å²) in [5, 5.41) is 54.6. The zero-order valence-electron chi connectivity index (χ0n) is 38.2. The van der Waals surface area contributed by atoms with E-state index >= 15 is 0 Å². The van der Waals surface area contributed by atoms with Gasteiger partial charge >= 0.3 is 12.1 Å². The smallest absolute Gasteiger partial charge is 0.428 e. The minimum Gasteiger partial charge on any atom is -0.459 e. The van der Waals surface area contributed by atoms with E-state index in [0.29, 0.717) is 0 Å². The van der Waals surface area contributed by atoms with Gasteiger partial charge in [0.05, 0.1) is 35.9 Å². The molecule has 1 saturated carbocycles. The lowest BCUT2D eigenvalue weighted by molar-refractivity contribution is -0.336. The van der Waals surface area contributed by atoms with Crippen molar-refractivity contribution in [2.75, 3.05) is 27.2 Å². The summed E-state index contributed by atoms with van der Waals surface area (Å²) in [6, 6.07) is -1.12. The Morgan fingerprint density at radius 1 is 0.984 bits per heavy atom. The number of halogens is 3. The highest BCUT2D eigenvalue weighted by atomic mass is 19.4. The normalized spacial score (nSPS) is 49.0. The third kappa shape index (κ3) is 10.6. The zero-order valence-corrected chi connectivity index (χ0v) is 38.2. The molecule has 4 aliphatic heterocycles. The molecule has 0 aromatic heterocycles. The van der Waals surface area contributed by atoms with Crippen LogP contribution in [0.2, 0.25) is 0 Å². The van der Waals surface area contributed by atoms with E-state index in [2.05, 4.69) is 10.6 Å². The molecule has 5 rings (SSSR count). The van der Waals surface area contributed by atoms with Gasteiger partial charge < -0.3 is 64.2 Å². The fraction of sp³-hybridized carbons (Fsp3) is 0.977. The zero-order chi connectivity index (χ0) is 45.6. The van der Waals surface area contributed by atoms with Crippen molar-refractivity contribution in [1.82, 2.24) is 15.5 Å². The van der Waals surface area contributed by atoms with Crippen LogP contribution in [0.5, 0.6) is 0 Å². The highest BCUT2D eigenvalue weighted by Crippen LogP contribution is 2.45. The molecule has 6 N–H and O–H groups in total. The third-order valence-corrected chi connectivity index (χ3v) is 14.7. The number of hydrogen-bond acceptors (Lipinski definition) is 15. The van der Waals surface area contributed by atoms with E-state index in [1.165, 1.54) is 21.1 Å². The van der Waals surface area contributed by atoms with Gasteiger partial charge in [-0.3, -0.25) is 9.69 Å². The van der Waals surface area contributed by atoms with Gasteiger partial charge in [0.25, 0.3) is 0 Å². The van der Waals surface area contributed by atoms with Crippen LogP contribution in [0, 0.1) is 17.8 Å². The van der Waals surface area contributed by atoms with Gasteiger partial charge in [-0.15, -0.1) is 0 Å². The maximum atomic E-state index is 14.4. The van der Waals surface area contributed by atoms with E-state index in [-0.39, 0.29) is 50.7 Å². The number of ether oxygens (including phenoxy) is 7. The van der Waals surface area contributed by atoms with Crippen LogP contribution in [-0.2, 0) is 38.0 Å². The summed E-state index contributed by atoms with van der Waals surface area (Å²) in [5.41, 5.74) is -6.31. The quantitative estimate of drug-likeness (QED) is 0.185. The molecule has 0 spiro atoms. The lowest BCUT2D eigenvalue weighted by Crippen LogP contribution is -2.70. The van der Waals surface area contributed by atoms with Crippen LogP contribution in [0.1, 0.15) is 114 Å². The Bertz CT molecular complexity index is 1460. The summed E-state index contributed by atoms with van der Waals surface area (Å²) < 4.78 is 86.7. The van der Waals surface area contributed by atoms with Crippen molar-refractivity contribution in [1.29, 1.82) is 0 Å². The van der Waals surface area contributed by atoms with Crippen LogP contribution in [0.15, 0.2) is 0 Å². The maximum Gasteiger partial charge on any atom is 0.428 e. The average molecular weight is 884 g/mol. The Hall–Kier alpha value is -1.26. The Labute approximate surface area is 360 Å². The predicted octanol–water partition coefficient (Wildman–Crippen LogP) is 3.37. The highest BCUT2D eigenvalue weighted by Gasteiger charge is 2.61. The molecule has 1 aliphatic carbocycles. The summed E-state index contributed by atoms with van der Waals surface area (Å²) in [7, 11) is 2.86. The van der Waals surface area contributed by atoms with Crippen molar-refractivity contribution in [3.63, 3.8) is 0 Å². The second-order valence-corrected chi connectivity index (χ2v) is 19.7. The van der Waals surface area contributed by atoms with Crippen molar-refractivity contribution in [2.45, 2.75) is 222 Å². The molecule has 4 heterocycles. The monoisotopic (exact) mass is 884 g/mol. The van der Waals surface area contributed by atoms with E-state index in [9.17, 15) is 38.4 Å². The maximum absolute atomic E-state index is 14.4. The Morgan fingerprint density at radius 3 is 2.21 bits per heavy atom. The van der Waals surface area contributed by atoms with Crippen molar-refractivity contribution in [2.24, 2.45) is 17.8 Å². The largest absolute Gasteiger partial charge is 0.459 e. The van der Waals surface area contributed by atoms with Crippen LogP contribution in [0.3, 0.4) is 0 Å². The molecule has 19 atom stereocenters. The van der Waals surface area contributed by atoms with E-state index in [1.807, 2.05) is 6.92 Å². The number of likely N-dealkylation sites (N-methyl/N-ethyl adjacent to an activating group) is 1. The van der Waals surface area contributed by atoms with Crippen molar-refractivity contribution < 1.29 is 71.5 Å². The molecule has 5 fully saturated rings. The number of fused-ring (bicyclic) bond motifs is 1. The molecule has 1 unspecified atom stereocenters. The van der Waals surface area contributed by atoms with Crippen LogP contribution in [-0.4, -0.2) is 167 Å². The summed E-state index contributed by atoms with van der Waals surface area (Å²) >= 11 is 0. The van der Waals surface area contributed by atoms with E-state index < -0.39 is 120 Å². The minimum absolute atomic E-state index is 0.0225.